The zero-order valence-electron chi connectivity index (χ0n) is 11.2. The van der Waals surface area contributed by atoms with Crippen LogP contribution in [0.1, 0.15) is 5.56 Å². The van der Waals surface area contributed by atoms with E-state index in [9.17, 15) is 8.42 Å². The van der Waals surface area contributed by atoms with Gasteiger partial charge in [0.15, 0.2) is 0 Å². The van der Waals surface area contributed by atoms with E-state index in [1.807, 2.05) is 6.07 Å². The van der Waals surface area contributed by atoms with Crippen molar-refractivity contribution < 1.29 is 8.42 Å². The van der Waals surface area contributed by atoms with E-state index >= 15 is 0 Å². The number of pyridine rings is 1. The minimum absolute atomic E-state index is 0.00475. The number of nitriles is 1. The van der Waals surface area contributed by atoms with Gasteiger partial charge in [-0.15, -0.1) is 11.8 Å². The first kappa shape index (κ1) is 15.2. The van der Waals surface area contributed by atoms with E-state index in [1.54, 1.807) is 24.0 Å². The molecule has 0 unspecified atom stereocenters. The van der Waals surface area contributed by atoms with Gasteiger partial charge >= 0.3 is 0 Å². The number of rotatable bonds is 2. The van der Waals surface area contributed by atoms with E-state index in [0.29, 0.717) is 23.5 Å². The summed E-state index contributed by atoms with van der Waals surface area (Å²) in [6.45, 7) is 0.349. The second-order valence-electron chi connectivity index (χ2n) is 4.53. The summed E-state index contributed by atoms with van der Waals surface area (Å²) in [5.74, 6) is 0.657. The normalized spacial score (nSPS) is 14.3. The zero-order valence-corrected chi connectivity index (χ0v) is 13.6. The Morgan fingerprint density at radius 2 is 2.18 bits per heavy atom. The van der Waals surface area contributed by atoms with Crippen LogP contribution in [0.5, 0.6) is 0 Å². The number of benzene rings is 1. The highest BCUT2D eigenvalue weighted by molar-refractivity contribution is 8.00. The molecule has 0 bridgehead atoms. The third-order valence-corrected chi connectivity index (χ3v) is 6.55. The number of hydrogen-bond donors (Lipinski definition) is 0. The molecule has 2 heterocycles. The van der Waals surface area contributed by atoms with Crippen LogP contribution in [0.2, 0.25) is 5.02 Å². The molecular formula is C14H10ClN3O2S2. The monoisotopic (exact) mass is 351 g/mol. The lowest BCUT2D eigenvalue weighted by atomic mass is 10.2. The third kappa shape index (κ3) is 2.54. The fourth-order valence-electron chi connectivity index (χ4n) is 2.19. The van der Waals surface area contributed by atoms with Gasteiger partial charge in [-0.1, -0.05) is 11.6 Å². The lowest BCUT2D eigenvalue weighted by Crippen LogP contribution is -2.35. The molecule has 0 fully saturated rings. The van der Waals surface area contributed by atoms with Crippen LogP contribution >= 0.6 is 23.4 Å². The Morgan fingerprint density at radius 1 is 1.36 bits per heavy atom. The Hall–Kier alpha value is -1.75. The van der Waals surface area contributed by atoms with E-state index in [-0.39, 0.29) is 9.92 Å². The molecule has 0 spiro atoms. The van der Waals surface area contributed by atoms with Crippen LogP contribution in [0.3, 0.4) is 0 Å². The van der Waals surface area contributed by atoms with Crippen molar-refractivity contribution in [2.45, 2.75) is 9.79 Å². The van der Waals surface area contributed by atoms with Crippen molar-refractivity contribution in [3.8, 4) is 6.07 Å². The van der Waals surface area contributed by atoms with Crippen molar-refractivity contribution in [1.82, 2.24) is 4.98 Å². The number of aromatic nitrogens is 1. The van der Waals surface area contributed by atoms with E-state index < -0.39 is 10.0 Å². The second-order valence-corrected chi connectivity index (χ2v) is 7.90. The molecule has 3 rings (SSSR count). The molecule has 8 heteroatoms. The summed E-state index contributed by atoms with van der Waals surface area (Å²) < 4.78 is 27.1. The van der Waals surface area contributed by atoms with Gasteiger partial charge in [0, 0.05) is 23.4 Å². The summed E-state index contributed by atoms with van der Waals surface area (Å²) in [7, 11) is -3.79. The first-order valence-corrected chi connectivity index (χ1v) is 9.13. The number of thioether (sulfide) groups is 1. The van der Waals surface area contributed by atoms with E-state index in [0.717, 1.165) is 4.90 Å². The summed E-state index contributed by atoms with van der Waals surface area (Å²) in [6.07, 6.45) is 3.17. The van der Waals surface area contributed by atoms with Crippen molar-refractivity contribution in [3.05, 3.63) is 47.2 Å². The van der Waals surface area contributed by atoms with Gasteiger partial charge in [-0.05, 0) is 24.3 Å². The van der Waals surface area contributed by atoms with Crippen LogP contribution in [0.15, 0.2) is 46.5 Å². The molecule has 1 aliphatic heterocycles. The van der Waals surface area contributed by atoms with Crippen LogP contribution in [-0.2, 0) is 10.0 Å². The number of anilines is 1. The summed E-state index contributed by atoms with van der Waals surface area (Å²) in [6, 6.07) is 7.90. The van der Waals surface area contributed by atoms with Gasteiger partial charge in [-0.2, -0.15) is 5.26 Å². The van der Waals surface area contributed by atoms with Crippen molar-refractivity contribution in [2.24, 2.45) is 0 Å². The van der Waals surface area contributed by atoms with Crippen molar-refractivity contribution in [2.75, 3.05) is 16.6 Å². The fraction of sp³-hybridized carbons (Fsp3) is 0.143. The number of sulfonamides is 1. The smallest absolute Gasteiger partial charge is 0.263 e. The van der Waals surface area contributed by atoms with Crippen LogP contribution in [-0.4, -0.2) is 25.7 Å². The van der Waals surface area contributed by atoms with E-state index in [4.69, 9.17) is 16.9 Å². The molecule has 0 atom stereocenters. The largest absolute Gasteiger partial charge is 0.265 e. The number of halogens is 1. The molecular weight excluding hydrogens is 342 g/mol. The summed E-state index contributed by atoms with van der Waals surface area (Å²) >= 11 is 7.65. The van der Waals surface area contributed by atoms with Crippen LogP contribution in [0, 0.1) is 11.3 Å². The molecule has 0 N–H and O–H groups in total. The van der Waals surface area contributed by atoms with Gasteiger partial charge in [-0.25, -0.2) is 8.42 Å². The maximum atomic E-state index is 12.9. The quantitative estimate of drug-likeness (QED) is 0.831. The van der Waals surface area contributed by atoms with Crippen molar-refractivity contribution in [1.29, 1.82) is 5.26 Å². The first-order valence-electron chi connectivity index (χ1n) is 6.33. The maximum Gasteiger partial charge on any atom is 0.265 e. The summed E-state index contributed by atoms with van der Waals surface area (Å²) in [5.41, 5.74) is 0.874. The summed E-state index contributed by atoms with van der Waals surface area (Å²) in [5, 5.41) is 8.90. The maximum absolute atomic E-state index is 12.9. The number of nitrogens with zero attached hydrogens (tertiary/aromatic N) is 3. The van der Waals surface area contributed by atoms with Crippen LogP contribution in [0.25, 0.3) is 0 Å². The minimum Gasteiger partial charge on any atom is -0.263 e. The van der Waals surface area contributed by atoms with Gasteiger partial charge in [-0.3, -0.25) is 9.29 Å². The lowest BCUT2D eigenvalue weighted by molar-refractivity contribution is 0.591. The highest BCUT2D eigenvalue weighted by atomic mass is 35.5. The highest BCUT2D eigenvalue weighted by Gasteiger charge is 2.31. The number of hydrogen-bond acceptors (Lipinski definition) is 5. The Balaban J connectivity index is 2.11. The second kappa shape index (κ2) is 5.80. The predicted octanol–water partition coefficient (Wildman–Crippen LogP) is 2.91. The van der Waals surface area contributed by atoms with Crippen LogP contribution < -0.4 is 4.31 Å². The average molecular weight is 352 g/mol. The molecule has 5 nitrogen and oxygen atoms in total. The Morgan fingerprint density at radius 3 is 2.91 bits per heavy atom. The number of fused-ring (bicyclic) bond motifs is 1. The molecule has 22 heavy (non-hydrogen) atoms. The van der Waals surface area contributed by atoms with Gasteiger partial charge < -0.3 is 0 Å². The highest BCUT2D eigenvalue weighted by Crippen LogP contribution is 2.38. The average Bonchev–Trinajstić information content (AvgIpc) is 2.53. The fourth-order valence-corrected chi connectivity index (χ4v) is 5.32. The Bertz CT molecular complexity index is 878. The van der Waals surface area contributed by atoms with Crippen molar-refractivity contribution >= 4 is 39.1 Å². The standard InChI is InChI=1S/C14H10ClN3O2S2/c15-11-7-10(8-16)1-2-14(11)22(19,20)18-5-6-21-13-3-4-17-9-12(13)18/h1-4,7,9H,5-6H2. The Kier molecular flexibility index (Phi) is 4.00. The Labute approximate surface area is 137 Å². The lowest BCUT2D eigenvalue weighted by Gasteiger charge is -2.29. The minimum atomic E-state index is -3.79. The predicted molar refractivity (Wildman–Crippen MR) is 85.7 cm³/mol. The topological polar surface area (TPSA) is 74.1 Å². The van der Waals surface area contributed by atoms with E-state index in [2.05, 4.69) is 4.98 Å². The van der Waals surface area contributed by atoms with E-state index in [1.165, 1.54) is 28.7 Å². The molecule has 0 saturated heterocycles. The summed E-state index contributed by atoms with van der Waals surface area (Å²) in [4.78, 5) is 4.87. The molecule has 1 aromatic carbocycles. The SMILES string of the molecule is N#Cc1ccc(S(=O)(=O)N2CCSc3ccncc32)c(Cl)c1. The molecule has 0 amide bonds. The van der Waals surface area contributed by atoms with Crippen molar-refractivity contribution in [3.63, 3.8) is 0 Å². The molecule has 0 radical (unpaired) electrons. The molecule has 0 saturated carbocycles. The van der Waals surface area contributed by atoms with Gasteiger partial charge in [0.25, 0.3) is 10.0 Å². The molecule has 1 aliphatic rings. The third-order valence-electron chi connectivity index (χ3n) is 3.21. The molecule has 112 valence electrons. The van der Waals surface area contributed by atoms with Crippen LogP contribution in [0.4, 0.5) is 5.69 Å². The van der Waals surface area contributed by atoms with Gasteiger partial charge in [0.2, 0.25) is 0 Å². The molecule has 0 aliphatic carbocycles. The molecule has 2 aromatic rings. The van der Waals surface area contributed by atoms with Gasteiger partial charge in [0.1, 0.15) is 4.90 Å². The zero-order chi connectivity index (χ0) is 15.7. The molecule has 1 aromatic heterocycles. The first-order chi connectivity index (χ1) is 10.5. The van der Waals surface area contributed by atoms with Gasteiger partial charge in [0.05, 0.1) is 28.5 Å².